The Balaban J connectivity index is 1.85. The second kappa shape index (κ2) is 7.70. The van der Waals surface area contributed by atoms with E-state index in [4.69, 9.17) is 0 Å². The molecule has 2 atom stereocenters. The molecule has 1 fully saturated rings. The average Bonchev–Trinajstić information content (AvgIpc) is 2.99. The van der Waals surface area contributed by atoms with E-state index in [1.165, 1.54) is 11.3 Å². The molecule has 4 nitrogen and oxygen atoms in total. The average molecular weight is 422 g/mol. The van der Waals surface area contributed by atoms with Crippen LogP contribution in [0.25, 0.3) is 10.4 Å². The van der Waals surface area contributed by atoms with Gasteiger partial charge in [0.2, 0.25) is 5.91 Å². The summed E-state index contributed by atoms with van der Waals surface area (Å²) in [5, 5.41) is 14.3. The third kappa shape index (κ3) is 4.12. The Morgan fingerprint density at radius 1 is 1.24 bits per heavy atom. The number of amides is 1. The summed E-state index contributed by atoms with van der Waals surface area (Å²) in [6, 6.07) is 7.50. The first-order valence-corrected chi connectivity index (χ1v) is 10.0. The molecule has 1 amide bonds. The van der Waals surface area contributed by atoms with Crippen molar-refractivity contribution in [1.29, 1.82) is 0 Å². The van der Waals surface area contributed by atoms with Gasteiger partial charge in [0.1, 0.15) is 5.56 Å². The number of hydrogen-bond donors (Lipinski definition) is 2. The fraction of sp³-hybridized carbons (Fsp3) is 0.368. The predicted molar refractivity (Wildman–Crippen MR) is 104 cm³/mol. The SMILES string of the molecule is CC1CCCC(C(=O)Nc2csc(-c3ccc(Br)cc3)c2C(=O)O)C1. The summed E-state index contributed by atoms with van der Waals surface area (Å²) in [5.41, 5.74) is 1.40. The highest BCUT2D eigenvalue weighted by atomic mass is 79.9. The molecular formula is C19H20BrNO3S. The number of hydrogen-bond acceptors (Lipinski definition) is 3. The van der Waals surface area contributed by atoms with E-state index in [0.717, 1.165) is 35.7 Å². The normalized spacial score (nSPS) is 20.2. The number of anilines is 1. The van der Waals surface area contributed by atoms with Crippen molar-refractivity contribution in [1.82, 2.24) is 0 Å². The van der Waals surface area contributed by atoms with Gasteiger partial charge in [-0.15, -0.1) is 11.3 Å². The lowest BCUT2D eigenvalue weighted by molar-refractivity contribution is -0.121. The van der Waals surface area contributed by atoms with Gasteiger partial charge < -0.3 is 10.4 Å². The molecule has 25 heavy (non-hydrogen) atoms. The molecule has 1 aliphatic carbocycles. The number of carboxylic acids is 1. The van der Waals surface area contributed by atoms with Gasteiger partial charge in [0, 0.05) is 15.8 Å². The van der Waals surface area contributed by atoms with E-state index in [1.54, 1.807) is 5.38 Å². The van der Waals surface area contributed by atoms with E-state index in [2.05, 4.69) is 28.2 Å². The highest BCUT2D eigenvalue weighted by molar-refractivity contribution is 9.10. The minimum Gasteiger partial charge on any atom is -0.478 e. The third-order valence-electron chi connectivity index (χ3n) is 4.68. The molecule has 1 heterocycles. The Morgan fingerprint density at radius 3 is 2.60 bits per heavy atom. The maximum atomic E-state index is 12.6. The van der Waals surface area contributed by atoms with Crippen LogP contribution in [0.4, 0.5) is 5.69 Å². The summed E-state index contributed by atoms with van der Waals surface area (Å²) in [4.78, 5) is 25.0. The van der Waals surface area contributed by atoms with E-state index in [0.29, 0.717) is 16.5 Å². The zero-order chi connectivity index (χ0) is 18.0. The monoisotopic (exact) mass is 421 g/mol. The number of halogens is 1. The summed E-state index contributed by atoms with van der Waals surface area (Å²) in [5.74, 6) is -0.564. The van der Waals surface area contributed by atoms with E-state index >= 15 is 0 Å². The number of carbonyl (C=O) groups excluding carboxylic acids is 1. The van der Waals surface area contributed by atoms with E-state index < -0.39 is 5.97 Å². The summed E-state index contributed by atoms with van der Waals surface area (Å²) in [6.45, 7) is 2.17. The van der Waals surface area contributed by atoms with Crippen molar-refractivity contribution >= 4 is 44.8 Å². The van der Waals surface area contributed by atoms with Gasteiger partial charge >= 0.3 is 5.97 Å². The molecule has 2 unspecified atom stereocenters. The Morgan fingerprint density at radius 2 is 1.96 bits per heavy atom. The van der Waals surface area contributed by atoms with Crippen molar-refractivity contribution < 1.29 is 14.7 Å². The van der Waals surface area contributed by atoms with Gasteiger partial charge in [0.25, 0.3) is 0 Å². The molecule has 2 N–H and O–H groups in total. The second-order valence-corrected chi connectivity index (χ2v) is 8.42. The third-order valence-corrected chi connectivity index (χ3v) is 6.23. The molecule has 0 bridgehead atoms. The van der Waals surface area contributed by atoms with Gasteiger partial charge in [-0.2, -0.15) is 0 Å². The zero-order valence-electron chi connectivity index (χ0n) is 13.9. The van der Waals surface area contributed by atoms with E-state index in [9.17, 15) is 14.7 Å². The lowest BCUT2D eigenvalue weighted by Crippen LogP contribution is -2.27. The molecule has 0 radical (unpaired) electrons. The molecule has 132 valence electrons. The maximum absolute atomic E-state index is 12.6. The fourth-order valence-corrected chi connectivity index (χ4v) is 4.65. The van der Waals surface area contributed by atoms with E-state index in [-0.39, 0.29) is 17.4 Å². The minimum atomic E-state index is -1.02. The number of thiophene rings is 1. The number of rotatable bonds is 4. The van der Waals surface area contributed by atoms with Crippen LogP contribution >= 0.6 is 27.3 Å². The number of nitrogens with one attached hydrogen (secondary N) is 1. The van der Waals surface area contributed by atoms with Crippen molar-refractivity contribution in [2.45, 2.75) is 32.6 Å². The van der Waals surface area contributed by atoms with Crippen molar-refractivity contribution in [3.63, 3.8) is 0 Å². The first kappa shape index (κ1) is 18.1. The molecule has 0 spiro atoms. The molecule has 1 aromatic carbocycles. The van der Waals surface area contributed by atoms with Crippen LogP contribution in [0, 0.1) is 11.8 Å². The molecular weight excluding hydrogens is 402 g/mol. The van der Waals surface area contributed by atoms with Gasteiger partial charge in [0.05, 0.1) is 10.6 Å². The van der Waals surface area contributed by atoms with Crippen LogP contribution in [0.5, 0.6) is 0 Å². The summed E-state index contributed by atoms with van der Waals surface area (Å²) < 4.78 is 0.935. The number of carboxylic acid groups (broad SMARTS) is 1. The lowest BCUT2D eigenvalue weighted by atomic mass is 9.82. The highest BCUT2D eigenvalue weighted by Crippen LogP contribution is 2.37. The largest absolute Gasteiger partial charge is 0.478 e. The second-order valence-electron chi connectivity index (χ2n) is 6.62. The van der Waals surface area contributed by atoms with Gasteiger partial charge in [0.15, 0.2) is 0 Å². The first-order valence-electron chi connectivity index (χ1n) is 8.37. The Bertz CT molecular complexity index is 784. The minimum absolute atomic E-state index is 0.0265. The van der Waals surface area contributed by atoms with Gasteiger partial charge in [-0.3, -0.25) is 4.79 Å². The molecule has 3 rings (SSSR count). The molecule has 6 heteroatoms. The molecule has 1 aromatic heterocycles. The van der Waals surface area contributed by atoms with Crippen molar-refractivity contribution in [2.24, 2.45) is 11.8 Å². The van der Waals surface area contributed by atoms with E-state index in [1.807, 2.05) is 24.3 Å². The topological polar surface area (TPSA) is 66.4 Å². The van der Waals surface area contributed by atoms with Crippen molar-refractivity contribution in [3.8, 4) is 10.4 Å². The fourth-order valence-electron chi connectivity index (χ4n) is 3.38. The highest BCUT2D eigenvalue weighted by Gasteiger charge is 2.27. The number of carbonyl (C=O) groups is 2. The summed E-state index contributed by atoms with van der Waals surface area (Å²) in [7, 11) is 0. The summed E-state index contributed by atoms with van der Waals surface area (Å²) in [6.07, 6.45) is 3.97. The van der Waals surface area contributed by atoms with Crippen LogP contribution in [-0.4, -0.2) is 17.0 Å². The quantitative estimate of drug-likeness (QED) is 0.670. The molecule has 2 aromatic rings. The van der Waals surface area contributed by atoms with Crippen LogP contribution in [-0.2, 0) is 4.79 Å². The molecule has 0 saturated heterocycles. The summed E-state index contributed by atoms with van der Waals surface area (Å²) >= 11 is 4.72. The van der Waals surface area contributed by atoms with Crippen LogP contribution in [0.15, 0.2) is 34.1 Å². The molecule has 1 aliphatic rings. The predicted octanol–water partition coefficient (Wildman–Crippen LogP) is 5.64. The van der Waals surface area contributed by atoms with Crippen LogP contribution < -0.4 is 5.32 Å². The maximum Gasteiger partial charge on any atom is 0.339 e. The van der Waals surface area contributed by atoms with Crippen LogP contribution in [0.2, 0.25) is 0 Å². The van der Waals surface area contributed by atoms with Crippen molar-refractivity contribution in [2.75, 3.05) is 5.32 Å². The standard InChI is InChI=1S/C19H20BrNO3S/c1-11-3-2-4-13(9-11)18(22)21-15-10-25-17(16(15)19(23)24)12-5-7-14(20)8-6-12/h5-8,10-11,13H,2-4,9H2,1H3,(H,21,22)(H,23,24). The zero-order valence-corrected chi connectivity index (χ0v) is 16.3. The van der Waals surface area contributed by atoms with Gasteiger partial charge in [-0.25, -0.2) is 4.79 Å². The number of benzene rings is 1. The Labute approximate surface area is 159 Å². The smallest absolute Gasteiger partial charge is 0.339 e. The van der Waals surface area contributed by atoms with Crippen LogP contribution in [0.3, 0.4) is 0 Å². The number of aromatic carboxylic acids is 1. The van der Waals surface area contributed by atoms with Crippen LogP contribution in [0.1, 0.15) is 43.0 Å². The molecule has 1 saturated carbocycles. The van der Waals surface area contributed by atoms with Gasteiger partial charge in [-0.05, 0) is 36.5 Å². The molecule has 0 aliphatic heterocycles. The lowest BCUT2D eigenvalue weighted by Gasteiger charge is -2.25. The van der Waals surface area contributed by atoms with Crippen molar-refractivity contribution in [3.05, 3.63) is 39.7 Å². The first-order chi connectivity index (χ1) is 12.0. The Hall–Kier alpha value is -1.66. The van der Waals surface area contributed by atoms with Gasteiger partial charge in [-0.1, -0.05) is 47.8 Å². The Kier molecular flexibility index (Phi) is 5.59.